The Morgan fingerprint density at radius 2 is 2.15 bits per heavy atom. The Kier molecular flexibility index (Phi) is 2.97. The summed E-state index contributed by atoms with van der Waals surface area (Å²) in [7, 11) is 1.88. The van der Waals surface area contributed by atoms with Gasteiger partial charge >= 0.3 is 0 Å². The second-order valence-corrected chi connectivity index (χ2v) is 5.22. The molecular weight excluding hydrogens is 252 g/mol. The molecule has 0 aliphatic carbocycles. The van der Waals surface area contributed by atoms with Crippen LogP contribution in [0.25, 0.3) is 0 Å². The third kappa shape index (κ3) is 2.05. The molecule has 20 heavy (non-hydrogen) atoms. The van der Waals surface area contributed by atoms with Gasteiger partial charge in [-0.3, -0.25) is 9.48 Å². The van der Waals surface area contributed by atoms with E-state index in [1.54, 1.807) is 4.68 Å². The minimum atomic E-state index is -0.216. The summed E-state index contributed by atoms with van der Waals surface area (Å²) in [5, 5.41) is 10.6. The average Bonchev–Trinajstić information content (AvgIpc) is 2.95. The van der Waals surface area contributed by atoms with Crippen LogP contribution in [0.5, 0.6) is 0 Å². The van der Waals surface area contributed by atoms with E-state index < -0.39 is 0 Å². The zero-order valence-corrected chi connectivity index (χ0v) is 11.9. The van der Waals surface area contributed by atoms with Crippen LogP contribution in [-0.4, -0.2) is 21.7 Å². The Balaban J connectivity index is 1.76. The number of rotatable bonds is 2. The van der Waals surface area contributed by atoms with E-state index in [1.165, 1.54) is 5.56 Å². The van der Waals surface area contributed by atoms with Crippen molar-refractivity contribution in [3.05, 3.63) is 41.2 Å². The van der Waals surface area contributed by atoms with Crippen molar-refractivity contribution >= 4 is 17.3 Å². The zero-order valence-electron chi connectivity index (χ0n) is 11.9. The molecule has 1 aliphatic rings. The van der Waals surface area contributed by atoms with Gasteiger partial charge in [0.1, 0.15) is 6.04 Å². The molecule has 2 heterocycles. The Morgan fingerprint density at radius 3 is 2.80 bits per heavy atom. The lowest BCUT2D eigenvalue weighted by atomic mass is 10.1. The molecule has 0 bridgehead atoms. The predicted molar refractivity (Wildman–Crippen MR) is 78.9 cm³/mol. The van der Waals surface area contributed by atoms with Crippen LogP contribution < -0.4 is 10.6 Å². The second kappa shape index (κ2) is 4.67. The summed E-state index contributed by atoms with van der Waals surface area (Å²) >= 11 is 0. The van der Waals surface area contributed by atoms with E-state index in [0.717, 1.165) is 29.2 Å². The van der Waals surface area contributed by atoms with E-state index >= 15 is 0 Å². The molecule has 0 fully saturated rings. The van der Waals surface area contributed by atoms with E-state index in [2.05, 4.69) is 21.8 Å². The molecule has 2 N–H and O–H groups in total. The van der Waals surface area contributed by atoms with Crippen molar-refractivity contribution < 1.29 is 4.79 Å². The third-order valence-corrected chi connectivity index (χ3v) is 3.84. The van der Waals surface area contributed by atoms with Gasteiger partial charge in [-0.05, 0) is 25.5 Å². The number of amides is 1. The summed E-state index contributed by atoms with van der Waals surface area (Å²) in [5.74, 6) is -0.0135. The third-order valence-electron chi connectivity index (χ3n) is 3.84. The lowest BCUT2D eigenvalue weighted by molar-refractivity contribution is -0.116. The summed E-state index contributed by atoms with van der Waals surface area (Å²) in [6.45, 7) is 3.85. The van der Waals surface area contributed by atoms with Gasteiger partial charge in [-0.25, -0.2) is 0 Å². The first-order valence-electron chi connectivity index (χ1n) is 6.72. The van der Waals surface area contributed by atoms with E-state index in [-0.39, 0.29) is 11.9 Å². The largest absolute Gasteiger partial charge is 0.373 e. The SMILES string of the molecule is Cc1nn(C)c(C)c1NC(=O)C1Cc2ccccc2N1. The number of aryl methyl sites for hydroxylation is 2. The van der Waals surface area contributed by atoms with Crippen LogP contribution in [0.3, 0.4) is 0 Å². The van der Waals surface area contributed by atoms with Gasteiger partial charge in [0.15, 0.2) is 0 Å². The van der Waals surface area contributed by atoms with Gasteiger partial charge in [0, 0.05) is 19.2 Å². The molecule has 1 aromatic carbocycles. The summed E-state index contributed by atoms with van der Waals surface area (Å²) in [6.07, 6.45) is 0.723. The molecule has 1 unspecified atom stereocenters. The van der Waals surface area contributed by atoms with Gasteiger partial charge in [-0.1, -0.05) is 18.2 Å². The molecule has 2 aromatic rings. The number of nitrogens with zero attached hydrogens (tertiary/aromatic N) is 2. The van der Waals surface area contributed by atoms with Crippen molar-refractivity contribution in [2.45, 2.75) is 26.3 Å². The van der Waals surface area contributed by atoms with Crippen molar-refractivity contribution in [2.75, 3.05) is 10.6 Å². The van der Waals surface area contributed by atoms with Gasteiger partial charge in [-0.2, -0.15) is 5.10 Å². The number of fused-ring (bicyclic) bond motifs is 1. The fraction of sp³-hybridized carbons (Fsp3) is 0.333. The van der Waals surface area contributed by atoms with Crippen LogP contribution >= 0.6 is 0 Å². The minimum Gasteiger partial charge on any atom is -0.373 e. The number of hydrogen-bond acceptors (Lipinski definition) is 3. The molecule has 1 aromatic heterocycles. The maximum atomic E-state index is 12.4. The van der Waals surface area contributed by atoms with E-state index in [1.807, 2.05) is 39.1 Å². The van der Waals surface area contributed by atoms with E-state index in [9.17, 15) is 4.79 Å². The first kappa shape index (κ1) is 12.7. The summed E-state index contributed by atoms with van der Waals surface area (Å²) < 4.78 is 1.78. The highest BCUT2D eigenvalue weighted by Crippen LogP contribution is 2.26. The topological polar surface area (TPSA) is 59.0 Å². The van der Waals surface area contributed by atoms with Crippen LogP contribution in [0.1, 0.15) is 17.0 Å². The van der Waals surface area contributed by atoms with Crippen LogP contribution in [-0.2, 0) is 18.3 Å². The molecule has 0 saturated carbocycles. The first-order chi connectivity index (χ1) is 9.56. The number of nitrogens with one attached hydrogen (secondary N) is 2. The molecular formula is C15H18N4O. The van der Waals surface area contributed by atoms with Gasteiger partial charge in [0.2, 0.25) is 5.91 Å². The quantitative estimate of drug-likeness (QED) is 0.877. The molecule has 0 radical (unpaired) electrons. The highest BCUT2D eigenvalue weighted by Gasteiger charge is 2.27. The molecule has 0 spiro atoms. The van der Waals surface area contributed by atoms with Crippen molar-refractivity contribution in [3.8, 4) is 0 Å². The molecule has 1 atom stereocenters. The number of hydrogen-bond donors (Lipinski definition) is 2. The Morgan fingerprint density at radius 1 is 1.40 bits per heavy atom. The molecule has 3 rings (SSSR count). The lowest BCUT2D eigenvalue weighted by Crippen LogP contribution is -2.33. The molecule has 104 valence electrons. The van der Waals surface area contributed by atoms with Crippen molar-refractivity contribution in [1.29, 1.82) is 0 Å². The molecule has 1 aliphatic heterocycles. The monoisotopic (exact) mass is 270 g/mol. The van der Waals surface area contributed by atoms with Crippen molar-refractivity contribution in [3.63, 3.8) is 0 Å². The minimum absolute atomic E-state index is 0.0135. The van der Waals surface area contributed by atoms with Crippen LogP contribution in [0.4, 0.5) is 11.4 Å². The fourth-order valence-electron chi connectivity index (χ4n) is 2.62. The summed E-state index contributed by atoms with van der Waals surface area (Å²) in [4.78, 5) is 12.4. The highest BCUT2D eigenvalue weighted by molar-refractivity contribution is 5.98. The normalized spacial score (nSPS) is 16.6. The Labute approximate surface area is 118 Å². The Hall–Kier alpha value is -2.30. The molecule has 1 amide bonds. The first-order valence-corrected chi connectivity index (χ1v) is 6.72. The number of benzene rings is 1. The van der Waals surface area contributed by atoms with E-state index in [4.69, 9.17) is 0 Å². The standard InChI is InChI=1S/C15H18N4O/c1-9-14(10(2)19(3)18-9)17-15(20)13-8-11-6-4-5-7-12(11)16-13/h4-7,13,16H,8H2,1-3H3,(H,17,20). The summed E-state index contributed by atoms with van der Waals surface area (Å²) in [6, 6.07) is 7.81. The number of aromatic nitrogens is 2. The smallest absolute Gasteiger partial charge is 0.247 e. The molecule has 5 nitrogen and oxygen atoms in total. The van der Waals surface area contributed by atoms with Gasteiger partial charge < -0.3 is 10.6 Å². The summed E-state index contributed by atoms with van der Waals surface area (Å²) in [5.41, 5.74) is 4.86. The maximum absolute atomic E-state index is 12.4. The van der Waals surface area contributed by atoms with Crippen LogP contribution in [0.15, 0.2) is 24.3 Å². The average molecular weight is 270 g/mol. The van der Waals surface area contributed by atoms with E-state index in [0.29, 0.717) is 0 Å². The number of para-hydroxylation sites is 1. The van der Waals surface area contributed by atoms with Crippen molar-refractivity contribution in [1.82, 2.24) is 9.78 Å². The number of carbonyl (C=O) groups excluding carboxylic acids is 1. The second-order valence-electron chi connectivity index (χ2n) is 5.22. The zero-order chi connectivity index (χ0) is 14.3. The lowest BCUT2D eigenvalue weighted by Gasteiger charge is -2.12. The van der Waals surface area contributed by atoms with Gasteiger partial charge in [0.05, 0.1) is 17.1 Å². The van der Waals surface area contributed by atoms with Gasteiger partial charge in [-0.15, -0.1) is 0 Å². The van der Waals surface area contributed by atoms with Crippen LogP contribution in [0, 0.1) is 13.8 Å². The maximum Gasteiger partial charge on any atom is 0.247 e. The number of anilines is 2. The van der Waals surface area contributed by atoms with Crippen molar-refractivity contribution in [2.24, 2.45) is 7.05 Å². The fourth-order valence-corrected chi connectivity index (χ4v) is 2.62. The predicted octanol–water partition coefficient (Wildman–Crippen LogP) is 2.01. The number of carbonyl (C=O) groups is 1. The molecule has 0 saturated heterocycles. The Bertz CT molecular complexity index is 650. The van der Waals surface area contributed by atoms with Gasteiger partial charge in [0.25, 0.3) is 0 Å². The van der Waals surface area contributed by atoms with Crippen LogP contribution in [0.2, 0.25) is 0 Å². The highest BCUT2D eigenvalue weighted by atomic mass is 16.2. The molecule has 5 heteroatoms.